The lowest BCUT2D eigenvalue weighted by atomic mass is 10.0. The van der Waals surface area contributed by atoms with Crippen molar-refractivity contribution in [1.29, 1.82) is 0 Å². The van der Waals surface area contributed by atoms with Gasteiger partial charge in [-0.15, -0.1) is 0 Å². The first kappa shape index (κ1) is 23.3. The van der Waals surface area contributed by atoms with E-state index in [1.807, 2.05) is 37.2 Å². The minimum absolute atomic E-state index is 0.0553. The summed E-state index contributed by atoms with van der Waals surface area (Å²) in [6.45, 7) is 0. The van der Waals surface area contributed by atoms with E-state index in [2.05, 4.69) is 15.1 Å². The van der Waals surface area contributed by atoms with Crippen LogP contribution in [0.15, 0.2) is 79.1 Å². The molecule has 0 N–H and O–H groups in total. The number of anilines is 1. The Morgan fingerprint density at radius 3 is 2.44 bits per heavy atom. The Balaban J connectivity index is 1.63. The number of aromatic nitrogens is 4. The van der Waals surface area contributed by atoms with Gasteiger partial charge in [0.1, 0.15) is 17.3 Å². The van der Waals surface area contributed by atoms with E-state index < -0.39 is 17.6 Å². The summed E-state index contributed by atoms with van der Waals surface area (Å²) >= 11 is 0. The van der Waals surface area contributed by atoms with Crippen molar-refractivity contribution in [2.24, 2.45) is 0 Å². The van der Waals surface area contributed by atoms with E-state index in [0.29, 0.717) is 33.8 Å². The summed E-state index contributed by atoms with van der Waals surface area (Å²) in [6, 6.07) is 16.9. The maximum Gasteiger partial charge on any atom is 0.417 e. The fraction of sp³-hybridized carbons (Fsp3) is 0.115. The molecule has 36 heavy (non-hydrogen) atoms. The molecule has 0 atom stereocenters. The van der Waals surface area contributed by atoms with Gasteiger partial charge in [0, 0.05) is 43.8 Å². The molecule has 10 heteroatoms. The fourth-order valence-corrected chi connectivity index (χ4v) is 3.74. The zero-order valence-electron chi connectivity index (χ0n) is 19.2. The molecule has 3 aromatic heterocycles. The van der Waals surface area contributed by atoms with E-state index in [-0.39, 0.29) is 6.01 Å². The number of ether oxygens (including phenoxy) is 1. The average Bonchev–Trinajstić information content (AvgIpc) is 3.23. The Morgan fingerprint density at radius 2 is 1.72 bits per heavy atom. The van der Waals surface area contributed by atoms with E-state index in [1.165, 1.54) is 36.5 Å². The van der Waals surface area contributed by atoms with Crippen LogP contribution in [0.25, 0.3) is 28.0 Å². The van der Waals surface area contributed by atoms with E-state index in [1.54, 1.807) is 12.1 Å². The smallest absolute Gasteiger partial charge is 0.417 e. The van der Waals surface area contributed by atoms with Gasteiger partial charge in [0.15, 0.2) is 0 Å². The average molecular weight is 493 g/mol. The van der Waals surface area contributed by atoms with E-state index in [0.717, 1.165) is 22.5 Å². The lowest BCUT2D eigenvalue weighted by Crippen LogP contribution is -2.08. The van der Waals surface area contributed by atoms with Gasteiger partial charge >= 0.3 is 12.2 Å². The number of fused-ring (bicyclic) bond motifs is 1. The number of rotatable bonds is 5. The second-order valence-electron chi connectivity index (χ2n) is 8.19. The van der Waals surface area contributed by atoms with E-state index >= 15 is 0 Å². The van der Waals surface area contributed by atoms with Gasteiger partial charge in [0.05, 0.1) is 22.3 Å². The highest BCUT2D eigenvalue weighted by molar-refractivity contribution is 5.90. The van der Waals surface area contributed by atoms with Crippen LogP contribution in [-0.2, 0) is 6.18 Å². The van der Waals surface area contributed by atoms with Gasteiger partial charge in [-0.1, -0.05) is 6.07 Å². The molecule has 0 aliphatic carbocycles. The number of hydrogen-bond donors (Lipinski definition) is 0. The first-order valence-electron chi connectivity index (χ1n) is 10.8. The van der Waals surface area contributed by atoms with Crippen LogP contribution in [0.3, 0.4) is 0 Å². The third kappa shape index (κ3) is 4.57. The number of pyridine rings is 1. The van der Waals surface area contributed by atoms with Crippen LogP contribution >= 0.6 is 0 Å². The van der Waals surface area contributed by atoms with Crippen molar-refractivity contribution in [3.05, 3.63) is 90.5 Å². The van der Waals surface area contributed by atoms with Crippen molar-refractivity contribution in [3.8, 4) is 34.3 Å². The van der Waals surface area contributed by atoms with Gasteiger partial charge in [-0.25, -0.2) is 13.9 Å². The Labute approximate surface area is 203 Å². The first-order valence-corrected chi connectivity index (χ1v) is 10.8. The first-order chi connectivity index (χ1) is 17.2. The molecule has 6 nitrogen and oxygen atoms in total. The normalized spacial score (nSPS) is 11.6. The third-order valence-corrected chi connectivity index (χ3v) is 5.51. The molecule has 0 unspecified atom stereocenters. The zero-order chi connectivity index (χ0) is 25.4. The molecule has 0 spiro atoms. The van der Waals surface area contributed by atoms with Gasteiger partial charge in [-0.2, -0.15) is 23.3 Å². The second-order valence-corrected chi connectivity index (χ2v) is 8.19. The van der Waals surface area contributed by atoms with Crippen molar-refractivity contribution in [2.45, 2.75) is 6.18 Å². The summed E-state index contributed by atoms with van der Waals surface area (Å²) in [5.74, 6) is 0.0767. The summed E-state index contributed by atoms with van der Waals surface area (Å²) in [5.41, 5.74) is 2.17. The number of benzene rings is 2. The standard InChI is InChI=1S/C26H19F4N5O/c1-34(2)19-4-3-5-20(14-19)36-25-31-13-12-21(32-25)23-22-11-8-17(26(28,29)30)15-35(22)33-24(23)16-6-9-18(27)10-7-16/h3-15H,1-2H3. The Hall–Kier alpha value is -4.47. The molecule has 0 bridgehead atoms. The highest BCUT2D eigenvalue weighted by Gasteiger charge is 2.31. The highest BCUT2D eigenvalue weighted by Crippen LogP contribution is 2.37. The molecular weight excluding hydrogens is 474 g/mol. The molecule has 0 amide bonds. The van der Waals surface area contributed by atoms with E-state index in [4.69, 9.17) is 4.74 Å². The SMILES string of the molecule is CN(C)c1cccc(Oc2nccc(-c3c(-c4ccc(F)cc4)nn4cc(C(F)(F)F)ccc34)n2)c1. The lowest BCUT2D eigenvalue weighted by Gasteiger charge is -2.13. The Kier molecular flexibility index (Phi) is 5.79. The summed E-state index contributed by atoms with van der Waals surface area (Å²) in [6.07, 6.45) is -2.12. The van der Waals surface area contributed by atoms with Crippen LogP contribution in [0.5, 0.6) is 11.8 Å². The van der Waals surface area contributed by atoms with Crippen molar-refractivity contribution in [2.75, 3.05) is 19.0 Å². The predicted molar refractivity (Wildman–Crippen MR) is 127 cm³/mol. The zero-order valence-corrected chi connectivity index (χ0v) is 19.2. The molecule has 0 aliphatic heterocycles. The van der Waals surface area contributed by atoms with Crippen molar-refractivity contribution >= 4 is 11.2 Å². The van der Waals surface area contributed by atoms with Crippen LogP contribution in [0.1, 0.15) is 5.56 Å². The quantitative estimate of drug-likeness (QED) is 0.263. The van der Waals surface area contributed by atoms with E-state index in [9.17, 15) is 17.6 Å². The van der Waals surface area contributed by atoms with Crippen molar-refractivity contribution < 1.29 is 22.3 Å². The largest absolute Gasteiger partial charge is 0.424 e. The van der Waals surface area contributed by atoms with Crippen LogP contribution in [0, 0.1) is 5.82 Å². The van der Waals surface area contributed by atoms with Crippen LogP contribution in [0.2, 0.25) is 0 Å². The molecule has 5 rings (SSSR count). The summed E-state index contributed by atoms with van der Waals surface area (Å²) in [5, 5.41) is 4.40. The van der Waals surface area contributed by atoms with Crippen molar-refractivity contribution in [1.82, 2.24) is 19.6 Å². The van der Waals surface area contributed by atoms with Gasteiger partial charge < -0.3 is 9.64 Å². The molecular formula is C26H19F4N5O. The van der Waals surface area contributed by atoms with Crippen molar-refractivity contribution in [3.63, 3.8) is 0 Å². The van der Waals surface area contributed by atoms with Gasteiger partial charge in [-0.3, -0.25) is 0 Å². The number of nitrogens with zero attached hydrogens (tertiary/aromatic N) is 5. The lowest BCUT2D eigenvalue weighted by molar-refractivity contribution is -0.137. The minimum Gasteiger partial charge on any atom is -0.424 e. The molecule has 0 fully saturated rings. The third-order valence-electron chi connectivity index (χ3n) is 5.51. The number of hydrogen-bond acceptors (Lipinski definition) is 5. The summed E-state index contributed by atoms with van der Waals surface area (Å²) in [7, 11) is 3.81. The molecule has 2 aromatic carbocycles. The molecule has 182 valence electrons. The maximum atomic E-state index is 13.6. The van der Waals surface area contributed by atoms with Gasteiger partial charge in [-0.05, 0) is 54.6 Å². The topological polar surface area (TPSA) is 55.5 Å². The predicted octanol–water partition coefficient (Wildman–Crippen LogP) is 6.47. The molecule has 3 heterocycles. The molecule has 5 aromatic rings. The molecule has 0 radical (unpaired) electrons. The van der Waals surface area contributed by atoms with Gasteiger partial charge in [0.2, 0.25) is 0 Å². The number of alkyl halides is 3. The molecule has 0 aliphatic rings. The Bertz CT molecular complexity index is 1540. The molecule has 0 saturated carbocycles. The van der Waals surface area contributed by atoms with Gasteiger partial charge in [0.25, 0.3) is 0 Å². The van der Waals surface area contributed by atoms with Crippen LogP contribution in [0.4, 0.5) is 23.2 Å². The monoisotopic (exact) mass is 493 g/mol. The van der Waals surface area contributed by atoms with Crippen LogP contribution in [-0.4, -0.2) is 33.7 Å². The second kappa shape index (κ2) is 8.95. The maximum absolute atomic E-state index is 13.6. The summed E-state index contributed by atoms with van der Waals surface area (Å²) < 4.78 is 60.6. The van der Waals surface area contributed by atoms with Crippen LogP contribution < -0.4 is 9.64 Å². The minimum atomic E-state index is -4.53. The molecule has 0 saturated heterocycles. The number of halogens is 4. The fourth-order valence-electron chi connectivity index (χ4n) is 3.74. The highest BCUT2D eigenvalue weighted by atomic mass is 19.4. The summed E-state index contributed by atoms with van der Waals surface area (Å²) in [4.78, 5) is 10.6. The Morgan fingerprint density at radius 1 is 0.944 bits per heavy atom.